The van der Waals surface area contributed by atoms with Gasteiger partial charge in [0.25, 0.3) is 5.91 Å². The first-order valence-electron chi connectivity index (χ1n) is 11.1. The molecule has 6 heteroatoms. The number of hydrogen-bond donors (Lipinski definition) is 1. The van der Waals surface area contributed by atoms with Crippen molar-refractivity contribution in [2.45, 2.75) is 44.2 Å². The van der Waals surface area contributed by atoms with Crippen molar-refractivity contribution < 1.29 is 14.7 Å². The second-order valence-electron chi connectivity index (χ2n) is 8.83. The minimum absolute atomic E-state index is 0.226. The number of Topliss-reactive ketones (excluding diaryl/α,β-unsaturated/α-hetero) is 1. The van der Waals surface area contributed by atoms with E-state index in [9.17, 15) is 14.7 Å². The number of aliphatic hydroxyl groups is 1. The van der Waals surface area contributed by atoms with Crippen LogP contribution in [-0.2, 0) is 29.8 Å². The van der Waals surface area contributed by atoms with Gasteiger partial charge in [0, 0.05) is 20.1 Å². The van der Waals surface area contributed by atoms with Gasteiger partial charge in [0.2, 0.25) is 0 Å². The molecule has 0 aromatic heterocycles. The van der Waals surface area contributed by atoms with E-state index in [-0.39, 0.29) is 12.2 Å². The molecule has 2 aliphatic rings. The van der Waals surface area contributed by atoms with E-state index in [0.717, 1.165) is 33.8 Å². The highest BCUT2D eigenvalue weighted by Gasteiger charge is 2.51. The Morgan fingerprint density at radius 1 is 0.909 bits per heavy atom. The quantitative estimate of drug-likeness (QED) is 0.378. The van der Waals surface area contributed by atoms with Crippen LogP contribution >= 0.6 is 31.9 Å². The third-order valence-electron chi connectivity index (χ3n) is 6.63. The summed E-state index contributed by atoms with van der Waals surface area (Å²) in [6, 6.07) is 18.9. The molecule has 1 atom stereocenters. The van der Waals surface area contributed by atoms with Crippen molar-refractivity contribution in [3.8, 4) is 0 Å². The average molecular weight is 569 g/mol. The number of carbonyl (C=O) groups is 2. The zero-order valence-electron chi connectivity index (χ0n) is 18.0. The lowest BCUT2D eigenvalue weighted by Gasteiger charge is -2.23. The van der Waals surface area contributed by atoms with E-state index < -0.39 is 11.5 Å². The van der Waals surface area contributed by atoms with Gasteiger partial charge in [-0.2, -0.15) is 0 Å². The molecule has 0 saturated heterocycles. The maximum absolute atomic E-state index is 13.6. The highest BCUT2D eigenvalue weighted by atomic mass is 79.9. The molecule has 0 saturated carbocycles. The summed E-state index contributed by atoms with van der Waals surface area (Å²) in [6.45, 7) is 0.316. The second-order valence-corrected chi connectivity index (χ2v) is 10.7. The molecule has 3 aromatic carbocycles. The molecule has 1 unspecified atom stereocenters. The molecule has 1 amide bonds. The van der Waals surface area contributed by atoms with E-state index in [2.05, 4.69) is 31.9 Å². The lowest BCUT2D eigenvalue weighted by atomic mass is 9.85. The van der Waals surface area contributed by atoms with Gasteiger partial charge in [0.1, 0.15) is 0 Å². The van der Waals surface area contributed by atoms with E-state index in [1.54, 1.807) is 11.0 Å². The topological polar surface area (TPSA) is 57.6 Å². The van der Waals surface area contributed by atoms with Crippen LogP contribution in [0.3, 0.4) is 0 Å². The minimum Gasteiger partial charge on any atom is -0.375 e. The number of ketones is 1. The SMILES string of the molecule is O=C(CC1(O)C(=O)N(Cc2ccc(Br)cc2)c2ccc(Br)cc21)c1ccc2c(c1)CCCC2. The van der Waals surface area contributed by atoms with Crippen molar-refractivity contribution in [3.63, 3.8) is 0 Å². The Morgan fingerprint density at radius 2 is 1.61 bits per heavy atom. The molecule has 4 nitrogen and oxygen atoms in total. The zero-order chi connectivity index (χ0) is 23.2. The van der Waals surface area contributed by atoms with Crippen LogP contribution in [0.2, 0.25) is 0 Å². The molecule has 168 valence electrons. The summed E-state index contributed by atoms with van der Waals surface area (Å²) in [6.07, 6.45) is 4.02. The Morgan fingerprint density at radius 3 is 2.36 bits per heavy atom. The summed E-state index contributed by atoms with van der Waals surface area (Å²) >= 11 is 6.88. The Bertz CT molecular complexity index is 1250. The van der Waals surface area contributed by atoms with Crippen molar-refractivity contribution >= 4 is 49.2 Å². The number of rotatable bonds is 5. The molecule has 1 N–H and O–H groups in total. The maximum Gasteiger partial charge on any atom is 0.264 e. The molecular weight excluding hydrogens is 546 g/mol. The number of amides is 1. The first kappa shape index (κ1) is 22.5. The predicted molar refractivity (Wildman–Crippen MR) is 135 cm³/mol. The summed E-state index contributed by atoms with van der Waals surface area (Å²) < 4.78 is 1.70. The maximum atomic E-state index is 13.6. The molecule has 0 radical (unpaired) electrons. The van der Waals surface area contributed by atoms with Crippen molar-refractivity contribution in [2.24, 2.45) is 0 Å². The van der Waals surface area contributed by atoms with Crippen LogP contribution in [0.5, 0.6) is 0 Å². The normalized spacial score (nSPS) is 19.4. The van der Waals surface area contributed by atoms with Crippen molar-refractivity contribution in [3.05, 3.63) is 97.4 Å². The van der Waals surface area contributed by atoms with Gasteiger partial charge in [-0.05, 0) is 78.8 Å². The molecule has 0 spiro atoms. The van der Waals surface area contributed by atoms with Gasteiger partial charge in [-0.15, -0.1) is 0 Å². The minimum atomic E-state index is -1.90. The number of fused-ring (bicyclic) bond motifs is 2. The van der Waals surface area contributed by atoms with Crippen molar-refractivity contribution in [1.82, 2.24) is 0 Å². The van der Waals surface area contributed by atoms with Gasteiger partial charge in [-0.1, -0.05) is 56.1 Å². The largest absolute Gasteiger partial charge is 0.375 e. The van der Waals surface area contributed by atoms with Crippen LogP contribution < -0.4 is 4.90 Å². The van der Waals surface area contributed by atoms with Crippen LogP contribution in [0.15, 0.2) is 69.6 Å². The fourth-order valence-corrected chi connectivity index (χ4v) is 5.49. The first-order chi connectivity index (χ1) is 15.8. The fraction of sp³-hybridized carbons (Fsp3) is 0.259. The van der Waals surface area contributed by atoms with Crippen LogP contribution in [0.4, 0.5) is 5.69 Å². The van der Waals surface area contributed by atoms with Crippen LogP contribution in [0.25, 0.3) is 0 Å². The third kappa shape index (κ3) is 4.20. The Hall–Kier alpha value is -2.28. The average Bonchev–Trinajstić information content (AvgIpc) is 3.01. The molecule has 1 heterocycles. The van der Waals surface area contributed by atoms with Crippen molar-refractivity contribution in [1.29, 1.82) is 0 Å². The second kappa shape index (κ2) is 8.82. The number of benzene rings is 3. The third-order valence-corrected chi connectivity index (χ3v) is 7.66. The van der Waals surface area contributed by atoms with Gasteiger partial charge in [0.05, 0.1) is 18.7 Å². The van der Waals surface area contributed by atoms with Gasteiger partial charge >= 0.3 is 0 Å². The number of halogens is 2. The summed E-state index contributed by atoms with van der Waals surface area (Å²) in [5.74, 6) is -0.694. The van der Waals surface area contributed by atoms with Crippen LogP contribution in [0, 0.1) is 0 Å². The number of anilines is 1. The fourth-order valence-electron chi connectivity index (χ4n) is 4.86. The van der Waals surface area contributed by atoms with E-state index >= 15 is 0 Å². The number of hydrogen-bond acceptors (Lipinski definition) is 3. The highest BCUT2D eigenvalue weighted by Crippen LogP contribution is 2.45. The lowest BCUT2D eigenvalue weighted by molar-refractivity contribution is -0.136. The molecule has 1 aliphatic heterocycles. The van der Waals surface area contributed by atoms with Gasteiger partial charge in [0.15, 0.2) is 11.4 Å². The summed E-state index contributed by atoms with van der Waals surface area (Å²) in [7, 11) is 0. The molecule has 0 fully saturated rings. The molecule has 33 heavy (non-hydrogen) atoms. The highest BCUT2D eigenvalue weighted by molar-refractivity contribution is 9.10. The van der Waals surface area contributed by atoms with Gasteiger partial charge in [-0.3, -0.25) is 9.59 Å². The van der Waals surface area contributed by atoms with E-state index in [4.69, 9.17) is 0 Å². The smallest absolute Gasteiger partial charge is 0.264 e. The van der Waals surface area contributed by atoms with E-state index in [1.165, 1.54) is 17.5 Å². The Kier molecular flexibility index (Phi) is 6.02. The van der Waals surface area contributed by atoms with E-state index in [0.29, 0.717) is 23.4 Å². The Labute approximate surface area is 209 Å². The van der Waals surface area contributed by atoms with E-state index in [1.807, 2.05) is 54.6 Å². The zero-order valence-corrected chi connectivity index (χ0v) is 21.2. The molecule has 5 rings (SSSR count). The Balaban J connectivity index is 1.47. The predicted octanol–water partition coefficient (Wildman–Crippen LogP) is 6.10. The monoisotopic (exact) mass is 567 g/mol. The first-order valence-corrected chi connectivity index (χ1v) is 12.7. The van der Waals surface area contributed by atoms with Gasteiger partial charge < -0.3 is 10.0 Å². The standard InChI is InChI=1S/C27H23Br2NO3/c28-21-9-5-17(6-10-21)16-30-24-12-11-22(29)14-23(24)27(33,26(30)32)15-25(31)20-8-7-18-3-1-2-4-19(18)13-20/h5-14,33H,1-4,15-16H2. The van der Waals surface area contributed by atoms with Crippen LogP contribution in [-0.4, -0.2) is 16.8 Å². The summed E-state index contributed by atoms with van der Waals surface area (Å²) in [4.78, 5) is 28.4. The summed E-state index contributed by atoms with van der Waals surface area (Å²) in [5, 5.41) is 11.7. The molecular formula is C27H23Br2NO3. The molecule has 3 aromatic rings. The summed E-state index contributed by atoms with van der Waals surface area (Å²) in [5.41, 5.74) is 3.18. The number of carbonyl (C=O) groups excluding carboxylic acids is 2. The number of aryl methyl sites for hydroxylation is 2. The lowest BCUT2D eigenvalue weighted by Crippen LogP contribution is -2.41. The molecule has 1 aliphatic carbocycles. The van der Waals surface area contributed by atoms with Crippen LogP contribution in [0.1, 0.15) is 51.9 Å². The number of nitrogens with zero attached hydrogens (tertiary/aromatic N) is 1. The van der Waals surface area contributed by atoms with Crippen molar-refractivity contribution in [2.75, 3.05) is 4.90 Å². The molecule has 0 bridgehead atoms. The van der Waals surface area contributed by atoms with Gasteiger partial charge in [-0.25, -0.2) is 0 Å².